The smallest absolute Gasteiger partial charge is 0.221 e. The number of amides is 1. The summed E-state index contributed by atoms with van der Waals surface area (Å²) in [5.74, 6) is 5.83. The van der Waals surface area contributed by atoms with E-state index in [1.54, 1.807) is 36.7 Å². The Kier molecular flexibility index (Phi) is 7.11. The van der Waals surface area contributed by atoms with Crippen LogP contribution in [-0.4, -0.2) is 26.8 Å². The number of carbonyl (C=O) groups excluding carboxylic acids is 2. The van der Waals surface area contributed by atoms with Gasteiger partial charge in [0, 0.05) is 35.4 Å². The molecule has 0 atom stereocenters. The number of anilines is 2. The average molecular weight is 454 g/mol. The number of aromatic nitrogens is 1. The topological polar surface area (TPSA) is 100 Å². The van der Waals surface area contributed by atoms with Gasteiger partial charge in [0.2, 0.25) is 5.91 Å². The molecule has 0 saturated heterocycles. The van der Waals surface area contributed by atoms with Crippen LogP contribution in [0.15, 0.2) is 48.8 Å². The lowest BCUT2D eigenvalue weighted by Gasteiger charge is -2.20. The van der Waals surface area contributed by atoms with Crippen LogP contribution >= 0.6 is 23.6 Å². The van der Waals surface area contributed by atoms with Crippen molar-refractivity contribution in [1.29, 1.82) is 0 Å². The maximum absolute atomic E-state index is 13.3. The highest BCUT2D eigenvalue weighted by Crippen LogP contribution is 2.34. The van der Waals surface area contributed by atoms with Crippen molar-refractivity contribution in [1.82, 2.24) is 9.99 Å². The number of nitrogens with two attached hydrogens (primary N) is 1. The van der Waals surface area contributed by atoms with Crippen molar-refractivity contribution in [2.75, 3.05) is 10.6 Å². The van der Waals surface area contributed by atoms with Crippen LogP contribution in [0.4, 0.5) is 10.7 Å². The Bertz CT molecular complexity index is 1110. The Morgan fingerprint density at radius 2 is 1.87 bits per heavy atom. The molecule has 0 spiro atoms. The Labute approximate surface area is 190 Å². The van der Waals surface area contributed by atoms with Gasteiger partial charge in [-0.3, -0.25) is 19.6 Å². The van der Waals surface area contributed by atoms with Gasteiger partial charge in [0.15, 0.2) is 10.9 Å². The van der Waals surface area contributed by atoms with Crippen molar-refractivity contribution in [2.45, 2.75) is 27.3 Å². The van der Waals surface area contributed by atoms with Crippen LogP contribution in [0.5, 0.6) is 0 Å². The first kappa shape index (κ1) is 22.5. The fourth-order valence-electron chi connectivity index (χ4n) is 2.97. The van der Waals surface area contributed by atoms with Crippen molar-refractivity contribution >= 4 is 51.0 Å². The fourth-order valence-corrected chi connectivity index (χ4v) is 4.26. The third-order valence-electron chi connectivity index (χ3n) is 4.64. The molecule has 1 aromatic carbocycles. The van der Waals surface area contributed by atoms with E-state index < -0.39 is 0 Å². The predicted octanol–water partition coefficient (Wildman–Crippen LogP) is 4.02. The minimum Gasteiger partial charge on any atom is -0.326 e. The largest absolute Gasteiger partial charge is 0.326 e. The third-order valence-corrected chi connectivity index (χ3v) is 6.10. The molecule has 2 heterocycles. The lowest BCUT2D eigenvalue weighted by molar-refractivity contribution is -0.114. The van der Waals surface area contributed by atoms with Gasteiger partial charge in [-0.2, -0.15) is 0 Å². The summed E-state index contributed by atoms with van der Waals surface area (Å²) in [5, 5.41) is 8.19. The minimum atomic E-state index is -0.166. The second-order valence-electron chi connectivity index (χ2n) is 6.99. The molecular formula is C22H23N5O2S2. The molecule has 0 aliphatic rings. The maximum Gasteiger partial charge on any atom is 0.221 e. The van der Waals surface area contributed by atoms with E-state index in [2.05, 4.69) is 15.6 Å². The van der Waals surface area contributed by atoms with Crippen molar-refractivity contribution in [3.8, 4) is 0 Å². The number of thiocarbonyl (C=S) groups is 1. The number of hydrogen-bond donors (Lipinski definition) is 3. The van der Waals surface area contributed by atoms with Gasteiger partial charge in [0.05, 0.1) is 12.1 Å². The van der Waals surface area contributed by atoms with E-state index in [-0.39, 0.29) is 11.7 Å². The highest BCUT2D eigenvalue weighted by Gasteiger charge is 2.22. The van der Waals surface area contributed by atoms with Crippen LogP contribution in [-0.2, 0) is 11.3 Å². The second-order valence-corrected chi connectivity index (χ2v) is 8.61. The van der Waals surface area contributed by atoms with Gasteiger partial charge in [-0.15, -0.1) is 11.3 Å². The van der Waals surface area contributed by atoms with Crippen LogP contribution < -0.4 is 16.5 Å². The summed E-state index contributed by atoms with van der Waals surface area (Å²) in [7, 11) is 0. The van der Waals surface area contributed by atoms with Crippen LogP contribution in [0, 0.1) is 13.8 Å². The molecule has 1 amide bonds. The maximum atomic E-state index is 13.3. The first-order valence-electron chi connectivity index (χ1n) is 9.50. The highest BCUT2D eigenvalue weighted by atomic mass is 32.1. The molecule has 160 valence electrons. The Hall–Kier alpha value is -3.14. The molecule has 0 fully saturated rings. The van der Waals surface area contributed by atoms with E-state index in [4.69, 9.17) is 18.1 Å². The Morgan fingerprint density at radius 1 is 1.16 bits per heavy atom. The van der Waals surface area contributed by atoms with E-state index in [0.29, 0.717) is 33.5 Å². The van der Waals surface area contributed by atoms with Crippen LogP contribution in [0.2, 0.25) is 0 Å². The van der Waals surface area contributed by atoms with E-state index in [1.807, 2.05) is 26.0 Å². The number of thiophene rings is 1. The van der Waals surface area contributed by atoms with E-state index in [1.165, 1.54) is 23.3 Å². The fraction of sp³-hybridized carbons (Fsp3) is 0.182. The first-order chi connectivity index (χ1) is 14.8. The molecule has 4 N–H and O–H groups in total. The molecular weight excluding hydrogens is 430 g/mol. The van der Waals surface area contributed by atoms with E-state index >= 15 is 0 Å². The number of rotatable bonds is 6. The van der Waals surface area contributed by atoms with Crippen molar-refractivity contribution < 1.29 is 9.59 Å². The highest BCUT2D eigenvalue weighted by molar-refractivity contribution is 7.80. The molecule has 0 aliphatic carbocycles. The summed E-state index contributed by atoms with van der Waals surface area (Å²) in [6.45, 7) is 5.69. The van der Waals surface area contributed by atoms with Crippen molar-refractivity contribution in [3.63, 3.8) is 0 Å². The average Bonchev–Trinajstić information content (AvgIpc) is 3.01. The first-order valence-corrected chi connectivity index (χ1v) is 10.7. The zero-order valence-corrected chi connectivity index (χ0v) is 19.1. The summed E-state index contributed by atoms with van der Waals surface area (Å²) in [6, 6.07) is 10.5. The monoisotopic (exact) mass is 453 g/mol. The number of pyridine rings is 1. The SMILES string of the molecule is CC(=O)Nc1ccc(C(=O)c2c(NC(=S)N(N)Cc3cccnc3)sc(C)c2C)cc1. The standard InChI is InChI=1S/C22H23N5O2S2/c1-13-14(2)31-21(26-22(30)27(23)12-16-5-4-10-24-11-16)19(13)20(29)17-6-8-18(9-7-17)25-15(3)28/h4-11H,12,23H2,1-3H3,(H,25,28)(H,26,30). The molecule has 9 heteroatoms. The van der Waals surface area contributed by atoms with Gasteiger partial charge < -0.3 is 10.6 Å². The zero-order valence-electron chi connectivity index (χ0n) is 17.4. The van der Waals surface area contributed by atoms with Crippen molar-refractivity contribution in [2.24, 2.45) is 5.84 Å². The lowest BCUT2D eigenvalue weighted by Crippen LogP contribution is -2.39. The number of aryl methyl sites for hydroxylation is 1. The van der Waals surface area contributed by atoms with E-state index in [0.717, 1.165) is 16.0 Å². The predicted molar refractivity (Wildman–Crippen MR) is 128 cm³/mol. The third kappa shape index (κ3) is 5.52. The van der Waals surface area contributed by atoms with Gasteiger partial charge >= 0.3 is 0 Å². The summed E-state index contributed by atoms with van der Waals surface area (Å²) in [4.78, 5) is 29.6. The van der Waals surface area contributed by atoms with Crippen LogP contribution in [0.25, 0.3) is 0 Å². The van der Waals surface area contributed by atoms with Gasteiger partial charge in [0.25, 0.3) is 0 Å². The molecule has 0 saturated carbocycles. The van der Waals surface area contributed by atoms with Gasteiger partial charge in [-0.05, 0) is 67.5 Å². The Balaban J connectivity index is 1.80. The molecule has 3 aromatic rings. The number of carbonyl (C=O) groups is 2. The number of benzene rings is 1. The van der Waals surface area contributed by atoms with Gasteiger partial charge in [-0.25, -0.2) is 5.84 Å². The van der Waals surface area contributed by atoms with E-state index in [9.17, 15) is 9.59 Å². The number of hydrogen-bond acceptors (Lipinski definition) is 6. The molecule has 0 radical (unpaired) electrons. The Morgan fingerprint density at radius 3 is 2.48 bits per heavy atom. The normalized spacial score (nSPS) is 10.5. The number of hydrazine groups is 1. The lowest BCUT2D eigenvalue weighted by atomic mass is 10.0. The summed E-state index contributed by atoms with van der Waals surface area (Å²) in [5.41, 5.74) is 3.53. The van der Waals surface area contributed by atoms with Crippen LogP contribution in [0.1, 0.15) is 38.8 Å². The zero-order chi connectivity index (χ0) is 22.5. The molecule has 0 bridgehead atoms. The van der Waals surface area contributed by atoms with Gasteiger partial charge in [-0.1, -0.05) is 6.07 Å². The minimum absolute atomic E-state index is 0.127. The second kappa shape index (κ2) is 9.78. The molecule has 31 heavy (non-hydrogen) atoms. The molecule has 7 nitrogen and oxygen atoms in total. The molecule has 3 rings (SSSR count). The van der Waals surface area contributed by atoms with Crippen molar-refractivity contribution in [3.05, 3.63) is 75.9 Å². The van der Waals surface area contributed by atoms with Crippen LogP contribution in [0.3, 0.4) is 0 Å². The summed E-state index contributed by atoms with van der Waals surface area (Å²) in [6.07, 6.45) is 3.42. The number of nitrogens with one attached hydrogen (secondary N) is 2. The molecule has 0 aliphatic heterocycles. The quantitative estimate of drug-likeness (QED) is 0.224. The molecule has 2 aromatic heterocycles. The number of ketones is 1. The molecule has 0 unspecified atom stereocenters. The summed E-state index contributed by atoms with van der Waals surface area (Å²) >= 11 is 6.91. The van der Waals surface area contributed by atoms with Gasteiger partial charge in [0.1, 0.15) is 5.00 Å². The summed E-state index contributed by atoms with van der Waals surface area (Å²) < 4.78 is 0. The number of nitrogens with zero attached hydrogens (tertiary/aromatic N) is 2.